The minimum Gasteiger partial charge on any atom is -0.310 e. The van der Waals surface area contributed by atoms with Crippen molar-refractivity contribution in [3.8, 4) is 11.1 Å². The molecule has 2 nitrogen and oxygen atoms in total. The molecule has 0 atom stereocenters. The SMILES string of the molecule is CC.CC.CCC.c1ccc(N(c2ccc(-c3ccc4cc(N(c5ccccc5)c5ccc6ccccc6c5)ccc4c3)cc2)c2ccc3ccccc3c2)cc1. The highest BCUT2D eigenvalue weighted by Gasteiger charge is 2.15. The largest absolute Gasteiger partial charge is 0.310 e. The fourth-order valence-electron chi connectivity index (χ4n) is 7.03. The van der Waals surface area contributed by atoms with Gasteiger partial charge in [0.05, 0.1) is 0 Å². The molecule has 0 amide bonds. The Balaban J connectivity index is 0.000000740. The van der Waals surface area contributed by atoms with Crippen LogP contribution in [0.25, 0.3) is 43.4 Å². The minimum atomic E-state index is 1.12. The second-order valence-corrected chi connectivity index (χ2v) is 13.4. The third-order valence-electron chi connectivity index (χ3n) is 9.55. The van der Waals surface area contributed by atoms with Crippen molar-refractivity contribution in [1.29, 1.82) is 0 Å². The molecule has 0 aliphatic heterocycles. The summed E-state index contributed by atoms with van der Waals surface area (Å²) in [5.74, 6) is 0. The van der Waals surface area contributed by atoms with Crippen LogP contribution < -0.4 is 9.80 Å². The van der Waals surface area contributed by atoms with Crippen LogP contribution >= 0.6 is 0 Å². The van der Waals surface area contributed by atoms with Gasteiger partial charge >= 0.3 is 0 Å². The molecule has 9 aromatic rings. The zero-order valence-electron chi connectivity index (χ0n) is 34.2. The van der Waals surface area contributed by atoms with Gasteiger partial charge in [-0.05, 0) is 122 Å². The standard InChI is InChI=1S/C48H34N2.C3H8.2C2H6/c1-3-15-43(16-4-1)49(46-28-23-35-11-7-9-13-38(35)32-46)45-26-21-37(22-27-45)40-19-20-42-34-48(30-25-41(42)31-40)50(44-17-5-2-6-18-44)47-29-24-36-12-8-10-14-39(36)33-47;1-3-2;2*1-2/h1-34H;3H2,1-2H3;2*1-2H3. The molecule has 9 aromatic carbocycles. The van der Waals surface area contributed by atoms with Gasteiger partial charge in [-0.3, -0.25) is 0 Å². The average Bonchev–Trinajstić information content (AvgIpc) is 3.29. The first kappa shape index (κ1) is 40.0. The summed E-state index contributed by atoms with van der Waals surface area (Å²) < 4.78 is 0. The molecule has 0 bridgehead atoms. The lowest BCUT2D eigenvalue weighted by Gasteiger charge is -2.26. The first-order valence-electron chi connectivity index (χ1n) is 20.5. The van der Waals surface area contributed by atoms with E-state index in [9.17, 15) is 0 Å². The summed E-state index contributed by atoms with van der Waals surface area (Å²) in [6, 6.07) is 74.1. The van der Waals surface area contributed by atoms with Crippen LogP contribution in [0.5, 0.6) is 0 Å². The van der Waals surface area contributed by atoms with E-state index < -0.39 is 0 Å². The normalized spacial score (nSPS) is 10.4. The van der Waals surface area contributed by atoms with Crippen molar-refractivity contribution in [3.63, 3.8) is 0 Å². The molecule has 0 aliphatic carbocycles. The summed E-state index contributed by atoms with van der Waals surface area (Å²) in [6.45, 7) is 12.2. The highest BCUT2D eigenvalue weighted by Crippen LogP contribution is 2.39. The molecule has 57 heavy (non-hydrogen) atoms. The molecule has 0 saturated heterocycles. The Labute approximate surface area is 340 Å². The maximum Gasteiger partial charge on any atom is 0.0468 e. The number of para-hydroxylation sites is 2. The van der Waals surface area contributed by atoms with Crippen LogP contribution in [0.1, 0.15) is 48.0 Å². The molecule has 0 spiro atoms. The Morgan fingerprint density at radius 3 is 1.00 bits per heavy atom. The van der Waals surface area contributed by atoms with E-state index >= 15 is 0 Å². The minimum absolute atomic E-state index is 1.12. The average molecular weight is 743 g/mol. The molecule has 0 saturated carbocycles. The van der Waals surface area contributed by atoms with Crippen molar-refractivity contribution in [2.45, 2.75) is 48.0 Å². The van der Waals surface area contributed by atoms with Crippen LogP contribution in [0.4, 0.5) is 34.1 Å². The third-order valence-corrected chi connectivity index (χ3v) is 9.55. The first-order chi connectivity index (χ1) is 28.2. The van der Waals surface area contributed by atoms with Gasteiger partial charge < -0.3 is 9.80 Å². The van der Waals surface area contributed by atoms with E-state index in [0.717, 1.165) is 34.1 Å². The molecule has 2 heteroatoms. The topological polar surface area (TPSA) is 6.48 Å². The number of anilines is 6. The number of hydrogen-bond donors (Lipinski definition) is 0. The molecule has 0 radical (unpaired) electrons. The van der Waals surface area contributed by atoms with E-state index in [-0.39, 0.29) is 0 Å². The lowest BCUT2D eigenvalue weighted by Crippen LogP contribution is -2.09. The van der Waals surface area contributed by atoms with Gasteiger partial charge in [-0.1, -0.05) is 175 Å². The Morgan fingerprint density at radius 1 is 0.263 bits per heavy atom. The summed E-state index contributed by atoms with van der Waals surface area (Å²) in [6.07, 6.45) is 1.25. The van der Waals surface area contributed by atoms with Crippen molar-refractivity contribution in [1.82, 2.24) is 0 Å². The van der Waals surface area contributed by atoms with Gasteiger partial charge in [0.1, 0.15) is 0 Å². The van der Waals surface area contributed by atoms with Crippen LogP contribution in [0.3, 0.4) is 0 Å². The van der Waals surface area contributed by atoms with Gasteiger partial charge in [-0.25, -0.2) is 0 Å². The Morgan fingerprint density at radius 2 is 0.544 bits per heavy atom. The molecule has 284 valence electrons. The van der Waals surface area contributed by atoms with Crippen molar-refractivity contribution in [2.24, 2.45) is 0 Å². The van der Waals surface area contributed by atoms with E-state index in [1.165, 1.54) is 49.9 Å². The molecule has 0 aliphatic rings. The third kappa shape index (κ3) is 9.26. The molecule has 0 heterocycles. The maximum atomic E-state index is 2.34. The summed E-state index contributed by atoms with van der Waals surface area (Å²) in [5, 5.41) is 7.35. The van der Waals surface area contributed by atoms with Gasteiger partial charge in [0.25, 0.3) is 0 Å². The lowest BCUT2D eigenvalue weighted by molar-refractivity contribution is 1.09. The molecule has 0 N–H and O–H groups in total. The lowest BCUT2D eigenvalue weighted by atomic mass is 10.00. The molecular formula is C55H54N2. The summed E-state index contributed by atoms with van der Waals surface area (Å²) in [5.41, 5.74) is 9.17. The fourth-order valence-corrected chi connectivity index (χ4v) is 7.03. The van der Waals surface area contributed by atoms with Crippen LogP contribution in [-0.2, 0) is 0 Å². The summed E-state index contributed by atoms with van der Waals surface area (Å²) >= 11 is 0. The molecule has 9 rings (SSSR count). The number of rotatable bonds is 7. The number of benzene rings is 9. The van der Waals surface area contributed by atoms with Gasteiger partial charge in [0.2, 0.25) is 0 Å². The summed E-state index contributed by atoms with van der Waals surface area (Å²) in [7, 11) is 0. The van der Waals surface area contributed by atoms with Gasteiger partial charge in [-0.15, -0.1) is 0 Å². The van der Waals surface area contributed by atoms with Crippen molar-refractivity contribution in [2.75, 3.05) is 9.80 Å². The second kappa shape index (κ2) is 19.8. The summed E-state index contributed by atoms with van der Waals surface area (Å²) in [4.78, 5) is 4.67. The zero-order valence-corrected chi connectivity index (χ0v) is 34.2. The van der Waals surface area contributed by atoms with Crippen molar-refractivity contribution < 1.29 is 0 Å². The number of fused-ring (bicyclic) bond motifs is 3. The van der Waals surface area contributed by atoms with E-state index in [1.807, 2.05) is 27.7 Å². The van der Waals surface area contributed by atoms with Gasteiger partial charge in [0, 0.05) is 34.1 Å². The van der Waals surface area contributed by atoms with Crippen molar-refractivity contribution >= 4 is 66.4 Å². The molecular weight excluding hydrogens is 689 g/mol. The highest BCUT2D eigenvalue weighted by molar-refractivity contribution is 5.94. The predicted octanol–water partition coefficient (Wildman–Crippen LogP) is 17.2. The predicted molar refractivity (Wildman–Crippen MR) is 252 cm³/mol. The molecule has 0 unspecified atom stereocenters. The zero-order chi connectivity index (χ0) is 40.0. The molecule has 0 aromatic heterocycles. The van der Waals surface area contributed by atoms with Crippen LogP contribution in [-0.4, -0.2) is 0 Å². The van der Waals surface area contributed by atoms with Gasteiger partial charge in [-0.2, -0.15) is 0 Å². The number of hydrogen-bond acceptors (Lipinski definition) is 2. The van der Waals surface area contributed by atoms with Crippen LogP contribution in [0, 0.1) is 0 Å². The first-order valence-corrected chi connectivity index (χ1v) is 20.5. The van der Waals surface area contributed by atoms with Crippen molar-refractivity contribution in [3.05, 3.63) is 206 Å². The Hall–Kier alpha value is -6.64. The van der Waals surface area contributed by atoms with Crippen LogP contribution in [0.2, 0.25) is 0 Å². The van der Waals surface area contributed by atoms with Gasteiger partial charge in [0.15, 0.2) is 0 Å². The fraction of sp³-hybridized carbons (Fsp3) is 0.127. The Kier molecular flexibility index (Phi) is 13.9. The molecule has 0 fully saturated rings. The van der Waals surface area contributed by atoms with E-state index in [4.69, 9.17) is 0 Å². The van der Waals surface area contributed by atoms with E-state index in [1.54, 1.807) is 0 Å². The van der Waals surface area contributed by atoms with E-state index in [2.05, 4.69) is 230 Å². The smallest absolute Gasteiger partial charge is 0.0468 e. The maximum absolute atomic E-state index is 2.34. The van der Waals surface area contributed by atoms with E-state index in [0.29, 0.717) is 0 Å². The quantitative estimate of drug-likeness (QED) is 0.160. The second-order valence-electron chi connectivity index (χ2n) is 13.4. The van der Waals surface area contributed by atoms with Crippen LogP contribution in [0.15, 0.2) is 206 Å². The Bertz CT molecular complexity index is 2610. The highest BCUT2D eigenvalue weighted by atomic mass is 15.1. The monoisotopic (exact) mass is 742 g/mol. The number of nitrogens with zero attached hydrogens (tertiary/aromatic N) is 2.